The average Bonchev–Trinajstić information content (AvgIpc) is 1.78. The SMILES string of the molecule is C[C@H]1CC[C@@H](C)C(C)(C)C1. The molecule has 0 heterocycles. The second-order valence-corrected chi connectivity index (χ2v) is 4.78. The van der Waals surface area contributed by atoms with Gasteiger partial charge in [-0.3, -0.25) is 0 Å². The molecule has 0 amide bonds. The standard InChI is InChI=1S/C10H20/c1-8-5-6-9(2)10(3,4)7-8/h8-9H,5-7H2,1-4H3/t8-,9+/m0/s1. The summed E-state index contributed by atoms with van der Waals surface area (Å²) in [6.45, 7) is 9.60. The van der Waals surface area contributed by atoms with E-state index in [4.69, 9.17) is 0 Å². The highest BCUT2D eigenvalue weighted by Gasteiger charge is 2.31. The Bertz CT molecular complexity index is 113. The van der Waals surface area contributed by atoms with Gasteiger partial charge >= 0.3 is 0 Å². The van der Waals surface area contributed by atoms with Gasteiger partial charge in [-0.1, -0.05) is 34.1 Å². The number of rotatable bonds is 0. The van der Waals surface area contributed by atoms with Gasteiger partial charge in [0.1, 0.15) is 0 Å². The first-order valence-electron chi connectivity index (χ1n) is 4.52. The molecule has 0 heteroatoms. The van der Waals surface area contributed by atoms with Crippen molar-refractivity contribution in [1.29, 1.82) is 0 Å². The molecule has 0 nitrogen and oxygen atoms in total. The van der Waals surface area contributed by atoms with Gasteiger partial charge in [-0.05, 0) is 30.1 Å². The van der Waals surface area contributed by atoms with E-state index in [2.05, 4.69) is 27.7 Å². The fourth-order valence-corrected chi connectivity index (χ4v) is 2.13. The van der Waals surface area contributed by atoms with Crippen LogP contribution in [0.15, 0.2) is 0 Å². The molecule has 0 N–H and O–H groups in total. The first-order chi connectivity index (χ1) is 4.52. The van der Waals surface area contributed by atoms with Crippen LogP contribution in [-0.4, -0.2) is 0 Å². The van der Waals surface area contributed by atoms with Crippen LogP contribution in [0.3, 0.4) is 0 Å². The Balaban J connectivity index is 2.55. The predicted molar refractivity (Wildman–Crippen MR) is 46.0 cm³/mol. The van der Waals surface area contributed by atoms with Crippen molar-refractivity contribution < 1.29 is 0 Å². The van der Waals surface area contributed by atoms with Crippen LogP contribution in [0.1, 0.15) is 47.0 Å². The quantitative estimate of drug-likeness (QED) is 0.483. The molecule has 1 aliphatic carbocycles. The summed E-state index contributed by atoms with van der Waals surface area (Å²) < 4.78 is 0. The Hall–Kier alpha value is 0. The first kappa shape index (κ1) is 8.10. The molecule has 60 valence electrons. The highest BCUT2D eigenvalue weighted by atomic mass is 14.4. The zero-order chi connectivity index (χ0) is 7.78. The molecule has 0 unspecified atom stereocenters. The van der Waals surface area contributed by atoms with Gasteiger partial charge in [0.25, 0.3) is 0 Å². The summed E-state index contributed by atoms with van der Waals surface area (Å²) in [6, 6.07) is 0. The molecule has 1 aliphatic rings. The van der Waals surface area contributed by atoms with E-state index in [1.807, 2.05) is 0 Å². The van der Waals surface area contributed by atoms with E-state index >= 15 is 0 Å². The van der Waals surface area contributed by atoms with Crippen molar-refractivity contribution in [3.05, 3.63) is 0 Å². The average molecular weight is 140 g/mol. The monoisotopic (exact) mass is 140 g/mol. The van der Waals surface area contributed by atoms with E-state index < -0.39 is 0 Å². The van der Waals surface area contributed by atoms with Gasteiger partial charge in [0.05, 0.1) is 0 Å². The lowest BCUT2D eigenvalue weighted by Gasteiger charge is -2.39. The summed E-state index contributed by atoms with van der Waals surface area (Å²) in [7, 11) is 0. The van der Waals surface area contributed by atoms with Gasteiger partial charge in [0.2, 0.25) is 0 Å². The molecule has 1 fully saturated rings. The van der Waals surface area contributed by atoms with Gasteiger partial charge in [-0.2, -0.15) is 0 Å². The molecule has 0 aromatic heterocycles. The van der Waals surface area contributed by atoms with Crippen molar-refractivity contribution >= 4 is 0 Å². The van der Waals surface area contributed by atoms with Gasteiger partial charge in [-0.15, -0.1) is 0 Å². The van der Waals surface area contributed by atoms with Crippen LogP contribution in [0.2, 0.25) is 0 Å². The normalized spacial score (nSPS) is 39.6. The molecule has 1 saturated carbocycles. The molecule has 2 atom stereocenters. The van der Waals surface area contributed by atoms with Crippen molar-refractivity contribution in [2.45, 2.75) is 47.0 Å². The Morgan fingerprint density at radius 2 is 1.70 bits per heavy atom. The van der Waals surface area contributed by atoms with Crippen LogP contribution in [0.25, 0.3) is 0 Å². The van der Waals surface area contributed by atoms with E-state index in [0.717, 1.165) is 11.8 Å². The van der Waals surface area contributed by atoms with Crippen molar-refractivity contribution in [2.24, 2.45) is 17.3 Å². The predicted octanol–water partition coefficient (Wildman–Crippen LogP) is 3.47. The topological polar surface area (TPSA) is 0 Å². The summed E-state index contributed by atoms with van der Waals surface area (Å²) >= 11 is 0. The summed E-state index contributed by atoms with van der Waals surface area (Å²) in [5.74, 6) is 1.90. The summed E-state index contributed by atoms with van der Waals surface area (Å²) in [5, 5.41) is 0. The molecule has 0 aliphatic heterocycles. The lowest BCUT2D eigenvalue weighted by molar-refractivity contribution is 0.115. The lowest BCUT2D eigenvalue weighted by atomic mass is 9.66. The molecule has 0 saturated heterocycles. The maximum Gasteiger partial charge on any atom is -0.0326 e. The molecule has 0 radical (unpaired) electrons. The van der Waals surface area contributed by atoms with Crippen LogP contribution in [0, 0.1) is 17.3 Å². The number of hydrogen-bond donors (Lipinski definition) is 0. The fourth-order valence-electron chi connectivity index (χ4n) is 2.13. The first-order valence-corrected chi connectivity index (χ1v) is 4.52. The molecular formula is C10H20. The van der Waals surface area contributed by atoms with E-state index in [1.54, 1.807) is 0 Å². The van der Waals surface area contributed by atoms with Crippen molar-refractivity contribution in [3.8, 4) is 0 Å². The third-order valence-electron chi connectivity index (χ3n) is 3.30. The smallest absolute Gasteiger partial charge is 0.0326 e. The van der Waals surface area contributed by atoms with E-state index in [-0.39, 0.29) is 0 Å². The van der Waals surface area contributed by atoms with Crippen LogP contribution >= 0.6 is 0 Å². The van der Waals surface area contributed by atoms with Crippen LogP contribution < -0.4 is 0 Å². The molecular weight excluding hydrogens is 120 g/mol. The third-order valence-corrected chi connectivity index (χ3v) is 3.30. The molecule has 0 spiro atoms. The Morgan fingerprint density at radius 3 is 2.10 bits per heavy atom. The Kier molecular flexibility index (Phi) is 2.07. The molecule has 0 aromatic rings. The summed E-state index contributed by atoms with van der Waals surface area (Å²) in [4.78, 5) is 0. The van der Waals surface area contributed by atoms with Crippen molar-refractivity contribution in [1.82, 2.24) is 0 Å². The molecule has 0 aromatic carbocycles. The minimum absolute atomic E-state index is 0.609. The largest absolute Gasteiger partial charge is 0.0625 e. The van der Waals surface area contributed by atoms with E-state index in [9.17, 15) is 0 Å². The lowest BCUT2D eigenvalue weighted by Crippen LogP contribution is -2.29. The van der Waals surface area contributed by atoms with Crippen LogP contribution in [0.4, 0.5) is 0 Å². The van der Waals surface area contributed by atoms with Crippen LogP contribution in [-0.2, 0) is 0 Å². The molecule has 1 rings (SSSR count). The minimum Gasteiger partial charge on any atom is -0.0625 e. The Morgan fingerprint density at radius 1 is 1.10 bits per heavy atom. The second-order valence-electron chi connectivity index (χ2n) is 4.78. The van der Waals surface area contributed by atoms with Crippen molar-refractivity contribution in [2.75, 3.05) is 0 Å². The minimum atomic E-state index is 0.609. The van der Waals surface area contributed by atoms with Gasteiger partial charge < -0.3 is 0 Å². The second kappa shape index (κ2) is 2.56. The van der Waals surface area contributed by atoms with Gasteiger partial charge in [0.15, 0.2) is 0 Å². The Labute approximate surface area is 65.0 Å². The maximum absolute atomic E-state index is 2.41. The van der Waals surface area contributed by atoms with Gasteiger partial charge in [0, 0.05) is 0 Å². The zero-order valence-electron chi connectivity index (χ0n) is 7.78. The summed E-state index contributed by atoms with van der Waals surface area (Å²) in [6.07, 6.45) is 4.31. The maximum atomic E-state index is 2.41. The van der Waals surface area contributed by atoms with E-state index in [1.165, 1.54) is 19.3 Å². The number of hydrogen-bond acceptors (Lipinski definition) is 0. The van der Waals surface area contributed by atoms with Gasteiger partial charge in [-0.25, -0.2) is 0 Å². The van der Waals surface area contributed by atoms with Crippen LogP contribution in [0.5, 0.6) is 0 Å². The molecule has 10 heavy (non-hydrogen) atoms. The zero-order valence-corrected chi connectivity index (χ0v) is 7.78. The molecule has 0 bridgehead atoms. The van der Waals surface area contributed by atoms with Crippen molar-refractivity contribution in [3.63, 3.8) is 0 Å². The highest BCUT2D eigenvalue weighted by molar-refractivity contribution is 4.82. The summed E-state index contributed by atoms with van der Waals surface area (Å²) in [5.41, 5.74) is 0.609. The van der Waals surface area contributed by atoms with E-state index in [0.29, 0.717) is 5.41 Å². The third kappa shape index (κ3) is 1.53. The highest BCUT2D eigenvalue weighted by Crippen LogP contribution is 2.42. The fraction of sp³-hybridized carbons (Fsp3) is 1.00.